The molecule has 0 aliphatic carbocycles. The summed E-state index contributed by atoms with van der Waals surface area (Å²) in [6.45, 7) is 3.69. The molecule has 0 aliphatic heterocycles. The van der Waals surface area contributed by atoms with E-state index in [0.717, 1.165) is 10.0 Å². The molecule has 0 fully saturated rings. The third kappa shape index (κ3) is 4.80. The molecule has 7 nitrogen and oxygen atoms in total. The minimum atomic E-state index is -3.69. The van der Waals surface area contributed by atoms with Gasteiger partial charge < -0.3 is 4.42 Å². The number of hydrogen-bond donors (Lipinski definition) is 1. The van der Waals surface area contributed by atoms with E-state index < -0.39 is 15.9 Å². The van der Waals surface area contributed by atoms with Gasteiger partial charge >= 0.3 is 0 Å². The second-order valence-corrected chi connectivity index (χ2v) is 9.41. The van der Waals surface area contributed by atoms with Gasteiger partial charge in [0.15, 0.2) is 0 Å². The fourth-order valence-corrected chi connectivity index (χ4v) is 4.10. The van der Waals surface area contributed by atoms with E-state index in [1.807, 2.05) is 6.92 Å². The zero-order chi connectivity index (χ0) is 21.9. The van der Waals surface area contributed by atoms with Crippen LogP contribution in [0.15, 0.2) is 73.5 Å². The Hall–Kier alpha value is -2.91. The molecular formula is C21H20BrN3O4S. The summed E-state index contributed by atoms with van der Waals surface area (Å²) in [6.07, 6.45) is 1.39. The standard InChI is InChI=1S/C21H20BrN3O4S/c1-14-4-10-19(11-5-14)30(27,28)25(3)17-8-6-16(7-9-17)21(26)24-23-13-18-12-20(22)15(2)29-18/h4-13H,1-3H3,(H,24,26)/b23-13-. The molecule has 1 N–H and O–H groups in total. The lowest BCUT2D eigenvalue weighted by Crippen LogP contribution is -2.26. The number of hydrazone groups is 1. The molecule has 30 heavy (non-hydrogen) atoms. The molecule has 0 atom stereocenters. The molecule has 9 heteroatoms. The van der Waals surface area contributed by atoms with Gasteiger partial charge in [-0.05, 0) is 66.2 Å². The molecule has 0 unspecified atom stereocenters. The number of furan rings is 1. The Kier molecular flexibility index (Phi) is 6.42. The molecule has 0 bridgehead atoms. The van der Waals surface area contributed by atoms with Gasteiger partial charge in [-0.3, -0.25) is 9.10 Å². The lowest BCUT2D eigenvalue weighted by Gasteiger charge is -2.19. The molecule has 1 amide bonds. The first kappa shape index (κ1) is 21.8. The second kappa shape index (κ2) is 8.85. The van der Waals surface area contributed by atoms with Crippen LogP contribution in [0.4, 0.5) is 5.69 Å². The highest BCUT2D eigenvalue weighted by atomic mass is 79.9. The quantitative estimate of drug-likeness (QED) is 0.413. The Morgan fingerprint density at radius 2 is 1.73 bits per heavy atom. The number of amides is 1. The average Bonchev–Trinajstić information content (AvgIpc) is 3.05. The second-order valence-electron chi connectivity index (χ2n) is 6.58. The van der Waals surface area contributed by atoms with Crippen molar-refractivity contribution in [2.45, 2.75) is 18.7 Å². The van der Waals surface area contributed by atoms with Crippen LogP contribution < -0.4 is 9.73 Å². The van der Waals surface area contributed by atoms with Gasteiger partial charge in [0.1, 0.15) is 11.5 Å². The van der Waals surface area contributed by atoms with Crippen LogP contribution in [0.25, 0.3) is 0 Å². The molecule has 156 valence electrons. The van der Waals surface area contributed by atoms with Crippen molar-refractivity contribution in [3.8, 4) is 0 Å². The summed E-state index contributed by atoms with van der Waals surface area (Å²) in [5, 5.41) is 3.87. The molecule has 1 aromatic heterocycles. The van der Waals surface area contributed by atoms with Gasteiger partial charge in [-0.25, -0.2) is 13.8 Å². The van der Waals surface area contributed by atoms with Crippen LogP contribution in [0.3, 0.4) is 0 Å². The molecule has 0 aliphatic rings. The Labute approximate surface area is 183 Å². The fourth-order valence-electron chi connectivity index (χ4n) is 2.59. The normalized spacial score (nSPS) is 11.6. The summed E-state index contributed by atoms with van der Waals surface area (Å²) in [7, 11) is -2.22. The van der Waals surface area contributed by atoms with Gasteiger partial charge in [-0.1, -0.05) is 17.7 Å². The van der Waals surface area contributed by atoms with Crippen molar-refractivity contribution in [3.05, 3.63) is 81.7 Å². The number of anilines is 1. The maximum atomic E-state index is 12.8. The highest BCUT2D eigenvalue weighted by Gasteiger charge is 2.21. The zero-order valence-electron chi connectivity index (χ0n) is 16.6. The first-order chi connectivity index (χ1) is 14.2. The summed E-state index contributed by atoms with van der Waals surface area (Å²) < 4.78 is 33.0. The predicted molar refractivity (Wildman–Crippen MR) is 119 cm³/mol. The van der Waals surface area contributed by atoms with E-state index in [4.69, 9.17) is 4.42 Å². The van der Waals surface area contributed by atoms with Gasteiger partial charge in [0.05, 0.1) is 21.3 Å². The van der Waals surface area contributed by atoms with Crippen LogP contribution >= 0.6 is 15.9 Å². The van der Waals surface area contributed by atoms with E-state index in [1.165, 1.54) is 29.7 Å². The highest BCUT2D eigenvalue weighted by Crippen LogP contribution is 2.23. The molecule has 3 aromatic rings. The van der Waals surface area contributed by atoms with Crippen LogP contribution in [0, 0.1) is 13.8 Å². The smallest absolute Gasteiger partial charge is 0.271 e. The molecular weight excluding hydrogens is 470 g/mol. The summed E-state index contributed by atoms with van der Waals surface area (Å²) in [5.74, 6) is 0.783. The van der Waals surface area contributed by atoms with Gasteiger partial charge in [0.25, 0.3) is 15.9 Å². The van der Waals surface area contributed by atoms with Gasteiger partial charge in [0, 0.05) is 18.7 Å². The highest BCUT2D eigenvalue weighted by molar-refractivity contribution is 9.10. The number of benzene rings is 2. The van der Waals surface area contributed by atoms with Crippen LogP contribution in [-0.4, -0.2) is 27.6 Å². The summed E-state index contributed by atoms with van der Waals surface area (Å²) in [6, 6.07) is 14.6. The first-order valence-corrected chi connectivity index (χ1v) is 11.2. The van der Waals surface area contributed by atoms with Crippen molar-refractivity contribution in [1.29, 1.82) is 0 Å². The number of nitrogens with zero attached hydrogens (tertiary/aromatic N) is 2. The maximum absolute atomic E-state index is 12.8. The van der Waals surface area contributed by atoms with E-state index in [2.05, 4.69) is 26.5 Å². The Morgan fingerprint density at radius 1 is 1.10 bits per heavy atom. The van der Waals surface area contributed by atoms with Crippen LogP contribution in [-0.2, 0) is 10.0 Å². The maximum Gasteiger partial charge on any atom is 0.271 e. The van der Waals surface area contributed by atoms with Crippen molar-refractivity contribution in [3.63, 3.8) is 0 Å². The van der Waals surface area contributed by atoms with Crippen molar-refractivity contribution in [1.82, 2.24) is 5.43 Å². The number of halogens is 1. The third-order valence-corrected chi connectivity index (χ3v) is 6.99. The fraction of sp³-hybridized carbons (Fsp3) is 0.143. The third-order valence-electron chi connectivity index (χ3n) is 4.41. The Bertz CT molecular complexity index is 1160. The number of carbonyl (C=O) groups is 1. The molecule has 0 saturated heterocycles. The SMILES string of the molecule is Cc1ccc(S(=O)(=O)N(C)c2ccc(C(=O)N/N=C\c3cc(Br)c(C)o3)cc2)cc1. The van der Waals surface area contributed by atoms with Gasteiger partial charge in [-0.15, -0.1) is 0 Å². The lowest BCUT2D eigenvalue weighted by atomic mass is 10.2. The van der Waals surface area contributed by atoms with Crippen molar-refractivity contribution in [2.75, 3.05) is 11.4 Å². The van der Waals surface area contributed by atoms with E-state index in [9.17, 15) is 13.2 Å². The van der Waals surface area contributed by atoms with Crippen molar-refractivity contribution < 1.29 is 17.6 Å². The van der Waals surface area contributed by atoms with E-state index in [-0.39, 0.29) is 4.90 Å². The lowest BCUT2D eigenvalue weighted by molar-refractivity contribution is 0.0955. The topological polar surface area (TPSA) is 92.0 Å². The summed E-state index contributed by atoms with van der Waals surface area (Å²) in [4.78, 5) is 12.4. The Morgan fingerprint density at radius 3 is 2.30 bits per heavy atom. The van der Waals surface area contributed by atoms with Crippen LogP contribution in [0.1, 0.15) is 27.4 Å². The number of rotatable bonds is 6. The van der Waals surface area contributed by atoms with E-state index in [0.29, 0.717) is 22.8 Å². The molecule has 0 spiro atoms. The van der Waals surface area contributed by atoms with Crippen molar-refractivity contribution in [2.24, 2.45) is 5.10 Å². The number of nitrogens with one attached hydrogen (secondary N) is 1. The summed E-state index contributed by atoms with van der Waals surface area (Å²) >= 11 is 3.33. The number of carbonyl (C=O) groups excluding carboxylic acids is 1. The number of aryl methyl sites for hydroxylation is 2. The summed E-state index contributed by atoms with van der Waals surface area (Å²) in [5.41, 5.74) is 4.16. The number of hydrogen-bond acceptors (Lipinski definition) is 5. The largest absolute Gasteiger partial charge is 0.459 e. The Balaban J connectivity index is 1.69. The molecule has 0 saturated carbocycles. The average molecular weight is 490 g/mol. The molecule has 2 aromatic carbocycles. The first-order valence-electron chi connectivity index (χ1n) is 8.93. The monoisotopic (exact) mass is 489 g/mol. The van der Waals surface area contributed by atoms with Crippen LogP contribution in [0.2, 0.25) is 0 Å². The molecule has 1 heterocycles. The van der Waals surface area contributed by atoms with E-state index in [1.54, 1.807) is 49.4 Å². The van der Waals surface area contributed by atoms with Crippen molar-refractivity contribution >= 4 is 43.8 Å². The number of sulfonamides is 1. The van der Waals surface area contributed by atoms with Gasteiger partial charge in [-0.2, -0.15) is 5.10 Å². The minimum absolute atomic E-state index is 0.201. The van der Waals surface area contributed by atoms with Crippen LogP contribution in [0.5, 0.6) is 0 Å². The molecule has 3 rings (SSSR count). The predicted octanol–water partition coefficient (Wildman–Crippen LogP) is 4.25. The minimum Gasteiger partial charge on any atom is -0.459 e. The zero-order valence-corrected chi connectivity index (χ0v) is 19.0. The molecule has 0 radical (unpaired) electrons. The van der Waals surface area contributed by atoms with E-state index >= 15 is 0 Å². The van der Waals surface area contributed by atoms with Gasteiger partial charge in [0.2, 0.25) is 0 Å².